The zero-order valence-corrected chi connectivity index (χ0v) is 9.44. The first kappa shape index (κ1) is 10.1. The number of benzene rings is 1. The van der Waals surface area contributed by atoms with E-state index in [4.69, 9.17) is 4.42 Å². The lowest BCUT2D eigenvalue weighted by molar-refractivity contribution is 0.567. The number of anilines is 1. The van der Waals surface area contributed by atoms with Gasteiger partial charge in [-0.05, 0) is 18.2 Å². The normalized spacial score (nSPS) is 16.8. The van der Waals surface area contributed by atoms with Gasteiger partial charge in [-0.2, -0.15) is 8.42 Å². The van der Waals surface area contributed by atoms with Crippen LogP contribution in [0.2, 0.25) is 0 Å². The van der Waals surface area contributed by atoms with Crippen LogP contribution in [-0.2, 0) is 10.0 Å². The van der Waals surface area contributed by atoms with E-state index in [0.717, 1.165) is 0 Å². The van der Waals surface area contributed by atoms with Crippen molar-refractivity contribution in [3.8, 4) is 0 Å². The third-order valence-corrected chi connectivity index (χ3v) is 3.76. The SMILES string of the molecule is O=S1(=O)N=C(c2ccoc2)Nc2ccccc21. The van der Waals surface area contributed by atoms with Crippen LogP contribution in [0.15, 0.2) is 56.6 Å². The third kappa shape index (κ3) is 1.62. The molecule has 0 amide bonds. The Kier molecular flexibility index (Phi) is 2.05. The van der Waals surface area contributed by atoms with Crippen molar-refractivity contribution in [1.29, 1.82) is 0 Å². The molecule has 0 aliphatic carbocycles. The predicted molar refractivity (Wildman–Crippen MR) is 62.5 cm³/mol. The molecule has 1 aliphatic rings. The number of furan rings is 1. The molecule has 0 bridgehead atoms. The summed E-state index contributed by atoms with van der Waals surface area (Å²) < 4.78 is 32.5. The molecule has 0 saturated carbocycles. The van der Waals surface area contributed by atoms with Crippen molar-refractivity contribution in [1.82, 2.24) is 0 Å². The minimum absolute atomic E-state index is 0.187. The number of nitrogens with one attached hydrogen (secondary N) is 1. The zero-order valence-electron chi connectivity index (χ0n) is 8.62. The highest BCUT2D eigenvalue weighted by Gasteiger charge is 2.25. The topological polar surface area (TPSA) is 71.7 Å². The molecule has 1 aromatic carbocycles. The van der Waals surface area contributed by atoms with Gasteiger partial charge in [-0.25, -0.2) is 0 Å². The second-order valence-electron chi connectivity index (χ2n) is 3.55. The predicted octanol–water partition coefficient (Wildman–Crippen LogP) is 1.84. The summed E-state index contributed by atoms with van der Waals surface area (Å²) in [6.45, 7) is 0. The first-order valence-corrected chi connectivity index (χ1v) is 6.34. The van der Waals surface area contributed by atoms with Crippen molar-refractivity contribution in [2.45, 2.75) is 4.90 Å². The molecule has 3 rings (SSSR count). The maximum atomic E-state index is 11.9. The van der Waals surface area contributed by atoms with Gasteiger partial charge in [0, 0.05) is 0 Å². The molecule has 0 radical (unpaired) electrons. The Labute approximate surface area is 97.8 Å². The van der Waals surface area contributed by atoms with Crippen molar-refractivity contribution in [3.05, 3.63) is 48.4 Å². The van der Waals surface area contributed by atoms with Gasteiger partial charge in [0.1, 0.15) is 11.2 Å². The Hall–Kier alpha value is -2.08. The Bertz CT molecular complexity index is 687. The number of hydrogen-bond acceptors (Lipinski definition) is 4. The minimum atomic E-state index is -3.63. The second-order valence-corrected chi connectivity index (χ2v) is 5.12. The third-order valence-electron chi connectivity index (χ3n) is 2.42. The smallest absolute Gasteiger partial charge is 0.286 e. The Balaban J connectivity index is 2.18. The first-order chi connectivity index (χ1) is 8.17. The summed E-state index contributed by atoms with van der Waals surface area (Å²) in [5, 5.41) is 2.97. The quantitative estimate of drug-likeness (QED) is 0.835. The molecule has 1 N–H and O–H groups in total. The summed E-state index contributed by atoms with van der Waals surface area (Å²) in [7, 11) is -3.63. The lowest BCUT2D eigenvalue weighted by atomic mass is 10.2. The standard InChI is InChI=1S/C11H8N2O3S/c14-17(15)10-4-2-1-3-9(10)12-11(13-17)8-5-6-16-7-8/h1-7H,(H,12,13). The van der Waals surface area contributed by atoms with Gasteiger partial charge in [0.15, 0.2) is 5.84 Å². The molecule has 17 heavy (non-hydrogen) atoms. The molecule has 0 saturated heterocycles. The van der Waals surface area contributed by atoms with Gasteiger partial charge in [-0.15, -0.1) is 4.40 Å². The maximum absolute atomic E-state index is 11.9. The largest absolute Gasteiger partial charge is 0.472 e. The van der Waals surface area contributed by atoms with Crippen LogP contribution < -0.4 is 5.32 Å². The maximum Gasteiger partial charge on any atom is 0.286 e. The molecule has 0 atom stereocenters. The molecule has 2 aromatic rings. The molecule has 2 heterocycles. The fraction of sp³-hybridized carbons (Fsp3) is 0. The molecule has 5 nitrogen and oxygen atoms in total. The Morgan fingerprint density at radius 3 is 2.76 bits per heavy atom. The first-order valence-electron chi connectivity index (χ1n) is 4.90. The van der Waals surface area contributed by atoms with Crippen molar-refractivity contribution in [2.75, 3.05) is 5.32 Å². The van der Waals surface area contributed by atoms with Gasteiger partial charge in [-0.3, -0.25) is 0 Å². The molecule has 6 heteroatoms. The zero-order chi connectivity index (χ0) is 11.9. The van der Waals surface area contributed by atoms with E-state index < -0.39 is 10.0 Å². The van der Waals surface area contributed by atoms with E-state index in [-0.39, 0.29) is 10.7 Å². The number of sulfonamides is 1. The molecule has 0 fully saturated rings. The van der Waals surface area contributed by atoms with Crippen molar-refractivity contribution >= 4 is 21.5 Å². The summed E-state index contributed by atoms with van der Waals surface area (Å²) in [5.74, 6) is 0.275. The van der Waals surface area contributed by atoms with E-state index in [1.807, 2.05) is 0 Å². The van der Waals surface area contributed by atoms with Crippen LogP contribution in [0.25, 0.3) is 0 Å². The summed E-state index contributed by atoms with van der Waals surface area (Å²) in [4.78, 5) is 0.187. The van der Waals surface area contributed by atoms with E-state index in [1.54, 1.807) is 24.3 Å². The molecule has 1 aromatic heterocycles. The molecule has 1 aliphatic heterocycles. The van der Waals surface area contributed by atoms with Gasteiger partial charge in [-0.1, -0.05) is 12.1 Å². The van der Waals surface area contributed by atoms with Crippen molar-refractivity contribution in [2.24, 2.45) is 4.40 Å². The van der Waals surface area contributed by atoms with Crippen LogP contribution >= 0.6 is 0 Å². The molecule has 0 unspecified atom stereocenters. The Morgan fingerprint density at radius 2 is 2.00 bits per heavy atom. The number of amidine groups is 1. The molecule has 86 valence electrons. The highest BCUT2D eigenvalue weighted by molar-refractivity contribution is 7.90. The summed E-state index contributed by atoms with van der Waals surface area (Å²) in [5.41, 5.74) is 1.13. The average molecular weight is 248 g/mol. The van der Waals surface area contributed by atoms with Crippen LogP contribution in [0.5, 0.6) is 0 Å². The lowest BCUT2D eigenvalue weighted by Gasteiger charge is -2.16. The van der Waals surface area contributed by atoms with E-state index >= 15 is 0 Å². The number of hydrogen-bond donors (Lipinski definition) is 1. The number of para-hydroxylation sites is 1. The fourth-order valence-electron chi connectivity index (χ4n) is 1.64. The van der Waals surface area contributed by atoms with Gasteiger partial charge < -0.3 is 9.73 Å². The number of fused-ring (bicyclic) bond motifs is 1. The van der Waals surface area contributed by atoms with Gasteiger partial charge in [0.25, 0.3) is 10.0 Å². The summed E-state index contributed by atoms with van der Waals surface area (Å²) in [6, 6.07) is 8.29. The van der Waals surface area contributed by atoms with Gasteiger partial charge in [0.05, 0.1) is 17.5 Å². The fourth-order valence-corrected chi connectivity index (χ4v) is 2.78. The molecular formula is C11H8N2O3S. The minimum Gasteiger partial charge on any atom is -0.472 e. The van der Waals surface area contributed by atoms with Crippen LogP contribution in [0.4, 0.5) is 5.69 Å². The lowest BCUT2D eigenvalue weighted by Crippen LogP contribution is -2.21. The van der Waals surface area contributed by atoms with Gasteiger partial charge in [0.2, 0.25) is 0 Å². The number of nitrogens with zero attached hydrogens (tertiary/aromatic N) is 1. The average Bonchev–Trinajstić information content (AvgIpc) is 2.81. The highest BCUT2D eigenvalue weighted by atomic mass is 32.2. The van der Waals surface area contributed by atoms with Crippen molar-refractivity contribution in [3.63, 3.8) is 0 Å². The van der Waals surface area contributed by atoms with E-state index in [2.05, 4.69) is 9.71 Å². The summed E-state index contributed by atoms with van der Waals surface area (Å²) in [6.07, 6.45) is 2.90. The number of rotatable bonds is 1. The summed E-state index contributed by atoms with van der Waals surface area (Å²) >= 11 is 0. The van der Waals surface area contributed by atoms with Crippen LogP contribution in [0.3, 0.4) is 0 Å². The monoisotopic (exact) mass is 248 g/mol. The van der Waals surface area contributed by atoms with Crippen LogP contribution in [-0.4, -0.2) is 14.3 Å². The van der Waals surface area contributed by atoms with Crippen LogP contribution in [0, 0.1) is 0 Å². The second kappa shape index (κ2) is 3.46. The van der Waals surface area contributed by atoms with Gasteiger partial charge >= 0.3 is 0 Å². The highest BCUT2D eigenvalue weighted by Crippen LogP contribution is 2.27. The van der Waals surface area contributed by atoms with Crippen LogP contribution in [0.1, 0.15) is 5.56 Å². The molecule has 0 spiro atoms. The van der Waals surface area contributed by atoms with E-state index in [0.29, 0.717) is 11.3 Å². The van der Waals surface area contributed by atoms with E-state index in [1.165, 1.54) is 18.6 Å². The Morgan fingerprint density at radius 1 is 1.18 bits per heavy atom. The van der Waals surface area contributed by atoms with E-state index in [9.17, 15) is 8.42 Å². The molecular weight excluding hydrogens is 240 g/mol. The van der Waals surface area contributed by atoms with Crippen molar-refractivity contribution < 1.29 is 12.8 Å².